The summed E-state index contributed by atoms with van der Waals surface area (Å²) in [7, 11) is 1.83. The number of thioether (sulfide) groups is 2. The third-order valence-corrected chi connectivity index (χ3v) is 5.18. The molecule has 2 amide bonds. The van der Waals surface area contributed by atoms with Gasteiger partial charge in [-0.15, -0.1) is 23.5 Å². The number of amides is 2. The van der Waals surface area contributed by atoms with Crippen molar-refractivity contribution in [3.05, 3.63) is 48.5 Å². The van der Waals surface area contributed by atoms with Crippen LogP contribution in [-0.2, 0) is 9.59 Å². The third kappa shape index (κ3) is 6.40. The molecule has 0 aliphatic rings. The Hall–Kier alpha value is -1.96. The van der Waals surface area contributed by atoms with E-state index in [1.165, 1.54) is 0 Å². The SMILES string of the molecule is CSc1cccc(NC(=O)C[NH+](C)CC(=O)Nc2ccccc2SC)c1. The van der Waals surface area contributed by atoms with Gasteiger partial charge < -0.3 is 15.5 Å². The molecule has 7 heteroatoms. The lowest BCUT2D eigenvalue weighted by atomic mass is 10.3. The van der Waals surface area contributed by atoms with Crippen molar-refractivity contribution in [2.24, 2.45) is 0 Å². The van der Waals surface area contributed by atoms with E-state index in [9.17, 15) is 9.59 Å². The Bertz CT molecular complexity index is 768. The Morgan fingerprint density at radius 2 is 1.62 bits per heavy atom. The highest BCUT2D eigenvalue weighted by atomic mass is 32.2. The van der Waals surface area contributed by atoms with Gasteiger partial charge in [-0.1, -0.05) is 18.2 Å². The number of likely N-dealkylation sites (N-methyl/N-ethyl adjacent to an activating group) is 1. The maximum atomic E-state index is 12.2. The van der Waals surface area contributed by atoms with Crippen molar-refractivity contribution in [3.63, 3.8) is 0 Å². The van der Waals surface area contributed by atoms with E-state index in [2.05, 4.69) is 10.6 Å². The number of rotatable bonds is 8. The molecule has 0 aromatic heterocycles. The predicted octanol–water partition coefficient (Wildman–Crippen LogP) is 2.22. The zero-order valence-electron chi connectivity index (χ0n) is 15.2. The number of quaternary nitrogens is 1. The maximum Gasteiger partial charge on any atom is 0.279 e. The topological polar surface area (TPSA) is 62.6 Å². The van der Waals surface area contributed by atoms with Gasteiger partial charge in [-0.2, -0.15) is 0 Å². The lowest BCUT2D eigenvalue weighted by Gasteiger charge is -2.15. The molecular weight excluding hydrogens is 366 g/mol. The second-order valence-corrected chi connectivity index (χ2v) is 7.57. The summed E-state index contributed by atoms with van der Waals surface area (Å²) in [5, 5.41) is 5.80. The van der Waals surface area contributed by atoms with Gasteiger partial charge in [-0.25, -0.2) is 0 Å². The largest absolute Gasteiger partial charge is 0.322 e. The van der Waals surface area contributed by atoms with Crippen molar-refractivity contribution < 1.29 is 14.5 Å². The molecule has 0 aliphatic carbocycles. The van der Waals surface area contributed by atoms with Crippen LogP contribution in [-0.4, -0.2) is 44.5 Å². The van der Waals surface area contributed by atoms with Crippen LogP contribution in [0.2, 0.25) is 0 Å². The van der Waals surface area contributed by atoms with E-state index in [1.54, 1.807) is 23.5 Å². The van der Waals surface area contributed by atoms with Crippen LogP contribution >= 0.6 is 23.5 Å². The first-order valence-corrected chi connectivity index (χ1v) is 10.6. The van der Waals surface area contributed by atoms with Crippen LogP contribution in [0.1, 0.15) is 0 Å². The van der Waals surface area contributed by atoms with Gasteiger partial charge >= 0.3 is 0 Å². The van der Waals surface area contributed by atoms with Crippen LogP contribution in [0.25, 0.3) is 0 Å². The number of hydrogen-bond donors (Lipinski definition) is 3. The predicted molar refractivity (Wildman–Crippen MR) is 110 cm³/mol. The smallest absolute Gasteiger partial charge is 0.279 e. The molecule has 0 bridgehead atoms. The summed E-state index contributed by atoms with van der Waals surface area (Å²) in [6.07, 6.45) is 3.96. The first-order chi connectivity index (χ1) is 12.5. The first kappa shape index (κ1) is 20.4. The molecular formula is C19H24N3O2S2+. The lowest BCUT2D eigenvalue weighted by molar-refractivity contribution is -0.862. The number of anilines is 2. The average Bonchev–Trinajstić information content (AvgIpc) is 2.61. The van der Waals surface area contributed by atoms with Crippen LogP contribution < -0.4 is 15.5 Å². The Labute approximate surface area is 162 Å². The van der Waals surface area contributed by atoms with E-state index >= 15 is 0 Å². The first-order valence-electron chi connectivity index (χ1n) is 8.20. The minimum Gasteiger partial charge on any atom is -0.322 e. The summed E-state index contributed by atoms with van der Waals surface area (Å²) >= 11 is 3.21. The lowest BCUT2D eigenvalue weighted by Crippen LogP contribution is -3.11. The van der Waals surface area contributed by atoms with Crippen LogP contribution in [0.3, 0.4) is 0 Å². The third-order valence-electron chi connectivity index (χ3n) is 3.66. The number of carbonyl (C=O) groups is 2. The molecule has 2 aromatic rings. The maximum absolute atomic E-state index is 12.2. The van der Waals surface area contributed by atoms with Gasteiger partial charge in [0.25, 0.3) is 11.8 Å². The second-order valence-electron chi connectivity index (χ2n) is 5.84. The summed E-state index contributed by atoms with van der Waals surface area (Å²) in [6, 6.07) is 15.4. The summed E-state index contributed by atoms with van der Waals surface area (Å²) in [5.41, 5.74) is 1.57. The number of nitrogens with one attached hydrogen (secondary N) is 3. The Morgan fingerprint density at radius 1 is 0.923 bits per heavy atom. The van der Waals surface area contributed by atoms with Crippen LogP contribution in [0, 0.1) is 0 Å². The molecule has 1 unspecified atom stereocenters. The van der Waals surface area contributed by atoms with Crippen molar-refractivity contribution in [3.8, 4) is 0 Å². The van der Waals surface area contributed by atoms with Crippen LogP contribution in [0.15, 0.2) is 58.3 Å². The van der Waals surface area contributed by atoms with E-state index in [4.69, 9.17) is 0 Å². The minimum atomic E-state index is -0.113. The fourth-order valence-corrected chi connectivity index (χ4v) is 3.47. The van der Waals surface area contributed by atoms with Crippen molar-refractivity contribution in [1.82, 2.24) is 0 Å². The number of para-hydroxylation sites is 1. The van der Waals surface area contributed by atoms with Crippen molar-refractivity contribution in [2.75, 3.05) is 43.3 Å². The van der Waals surface area contributed by atoms with Crippen molar-refractivity contribution in [2.45, 2.75) is 9.79 Å². The molecule has 0 saturated carbocycles. The quantitative estimate of drug-likeness (QED) is 0.605. The van der Waals surface area contributed by atoms with E-state index in [1.807, 2.05) is 68.1 Å². The van der Waals surface area contributed by atoms with Gasteiger partial charge in [-0.3, -0.25) is 9.59 Å². The van der Waals surface area contributed by atoms with Crippen molar-refractivity contribution in [1.29, 1.82) is 0 Å². The molecule has 0 aliphatic heterocycles. The normalized spacial score (nSPS) is 11.7. The highest BCUT2D eigenvalue weighted by molar-refractivity contribution is 7.99. The highest BCUT2D eigenvalue weighted by Crippen LogP contribution is 2.24. The summed E-state index contributed by atoms with van der Waals surface area (Å²) in [5.74, 6) is -0.223. The molecule has 0 saturated heterocycles. The molecule has 26 heavy (non-hydrogen) atoms. The van der Waals surface area contributed by atoms with E-state index in [-0.39, 0.29) is 24.9 Å². The summed E-state index contributed by atoms with van der Waals surface area (Å²) in [4.78, 5) is 27.4. The second kappa shape index (κ2) is 10.3. The molecule has 0 spiro atoms. The molecule has 2 rings (SSSR count). The van der Waals surface area contributed by atoms with Gasteiger partial charge in [0.15, 0.2) is 13.1 Å². The van der Waals surface area contributed by atoms with E-state index in [0.29, 0.717) is 0 Å². The summed E-state index contributed by atoms with van der Waals surface area (Å²) in [6.45, 7) is 0.447. The number of carbonyl (C=O) groups excluding carboxylic acids is 2. The standard InChI is InChI=1S/C19H23N3O2S2/c1-22(12-18(23)20-14-7-6-8-15(11-14)25-2)13-19(24)21-16-9-4-5-10-17(16)26-3/h4-11H,12-13H2,1-3H3,(H,20,23)(H,21,24)/p+1. The Balaban J connectivity index is 1.84. The number of hydrogen-bond acceptors (Lipinski definition) is 4. The van der Waals surface area contributed by atoms with Gasteiger partial charge in [-0.05, 0) is 42.8 Å². The molecule has 3 N–H and O–H groups in total. The minimum absolute atomic E-state index is 0.110. The Kier molecular flexibility index (Phi) is 8.03. The molecule has 0 heterocycles. The van der Waals surface area contributed by atoms with Crippen LogP contribution in [0.5, 0.6) is 0 Å². The van der Waals surface area contributed by atoms with Gasteiger partial charge in [0.1, 0.15) is 0 Å². The van der Waals surface area contributed by atoms with Gasteiger partial charge in [0.05, 0.1) is 12.7 Å². The summed E-state index contributed by atoms with van der Waals surface area (Å²) < 4.78 is 0. The van der Waals surface area contributed by atoms with Gasteiger partial charge in [0, 0.05) is 15.5 Å². The van der Waals surface area contributed by atoms with E-state index in [0.717, 1.165) is 26.1 Å². The molecule has 2 aromatic carbocycles. The average molecular weight is 391 g/mol. The van der Waals surface area contributed by atoms with Crippen LogP contribution in [0.4, 0.5) is 11.4 Å². The van der Waals surface area contributed by atoms with Crippen molar-refractivity contribution >= 4 is 46.7 Å². The number of benzene rings is 2. The molecule has 5 nitrogen and oxygen atoms in total. The molecule has 1 atom stereocenters. The Morgan fingerprint density at radius 3 is 2.31 bits per heavy atom. The van der Waals surface area contributed by atoms with Gasteiger partial charge in [0.2, 0.25) is 0 Å². The fourth-order valence-electron chi connectivity index (χ4n) is 2.46. The zero-order valence-corrected chi connectivity index (χ0v) is 16.8. The van der Waals surface area contributed by atoms with E-state index < -0.39 is 0 Å². The monoisotopic (exact) mass is 390 g/mol. The zero-order chi connectivity index (χ0) is 18.9. The fraction of sp³-hybridized carbons (Fsp3) is 0.263. The molecule has 0 radical (unpaired) electrons. The molecule has 0 fully saturated rings. The highest BCUT2D eigenvalue weighted by Gasteiger charge is 2.15. The molecule has 138 valence electrons.